The zero-order chi connectivity index (χ0) is 15.8. The van der Waals surface area contributed by atoms with E-state index in [0.717, 1.165) is 50.8 Å². The van der Waals surface area contributed by atoms with E-state index in [1.807, 2.05) is 0 Å². The van der Waals surface area contributed by atoms with Crippen molar-refractivity contribution in [3.63, 3.8) is 0 Å². The van der Waals surface area contributed by atoms with Crippen molar-refractivity contribution in [1.29, 1.82) is 0 Å². The van der Waals surface area contributed by atoms with Crippen LogP contribution in [0.3, 0.4) is 0 Å². The number of hydrogen-bond donors (Lipinski definition) is 1. The van der Waals surface area contributed by atoms with E-state index in [0.29, 0.717) is 11.5 Å². The number of aromatic nitrogens is 2. The Morgan fingerprint density at radius 3 is 3.09 bits per heavy atom. The number of amides is 1. The van der Waals surface area contributed by atoms with Gasteiger partial charge in [0.15, 0.2) is 4.96 Å². The Balaban J connectivity index is 1.63. The fourth-order valence-corrected chi connectivity index (χ4v) is 4.50. The Kier molecular flexibility index (Phi) is 3.90. The van der Waals surface area contributed by atoms with Crippen molar-refractivity contribution in [2.24, 2.45) is 0 Å². The summed E-state index contributed by atoms with van der Waals surface area (Å²) in [6, 6.07) is 0. The average Bonchev–Trinajstić information content (AvgIpc) is 3.20. The lowest BCUT2D eigenvalue weighted by molar-refractivity contribution is 0.0856. The van der Waals surface area contributed by atoms with E-state index in [-0.39, 0.29) is 23.1 Å². The van der Waals surface area contributed by atoms with Gasteiger partial charge in [-0.05, 0) is 38.5 Å². The van der Waals surface area contributed by atoms with Gasteiger partial charge in [0.25, 0.3) is 11.5 Å². The topological polar surface area (TPSA) is 72.7 Å². The highest BCUT2D eigenvalue weighted by Crippen LogP contribution is 2.28. The van der Waals surface area contributed by atoms with Gasteiger partial charge in [-0.2, -0.15) is 0 Å². The first kappa shape index (κ1) is 14.8. The Morgan fingerprint density at radius 2 is 2.26 bits per heavy atom. The lowest BCUT2D eigenvalue weighted by Crippen LogP contribution is -2.36. The summed E-state index contributed by atoms with van der Waals surface area (Å²) in [6.45, 7) is 1.19. The summed E-state index contributed by atoms with van der Waals surface area (Å²) in [4.78, 5) is 31.3. The standard InChI is InChI=1S/C16H19N3O3S/c20-14(17-8-10-4-3-7-22-10)11-9-18-16-19(15(11)21)12-5-1-2-6-13(12)23-16/h9-10H,1-8H2,(H,17,20). The van der Waals surface area contributed by atoms with Crippen LogP contribution in [0.4, 0.5) is 0 Å². The molecule has 1 amide bonds. The van der Waals surface area contributed by atoms with Gasteiger partial charge in [0.05, 0.1) is 6.10 Å². The Hall–Kier alpha value is -1.73. The molecule has 0 spiro atoms. The third kappa shape index (κ3) is 2.68. The zero-order valence-electron chi connectivity index (χ0n) is 12.8. The predicted molar refractivity (Wildman–Crippen MR) is 87.3 cm³/mol. The van der Waals surface area contributed by atoms with Crippen molar-refractivity contribution in [2.45, 2.75) is 44.6 Å². The van der Waals surface area contributed by atoms with E-state index in [9.17, 15) is 9.59 Å². The summed E-state index contributed by atoms with van der Waals surface area (Å²) in [5.74, 6) is -0.358. The van der Waals surface area contributed by atoms with Crippen LogP contribution in [0.1, 0.15) is 46.6 Å². The highest BCUT2D eigenvalue weighted by Gasteiger charge is 2.22. The highest BCUT2D eigenvalue weighted by molar-refractivity contribution is 7.17. The molecule has 7 heteroatoms. The molecule has 6 nitrogen and oxygen atoms in total. The van der Waals surface area contributed by atoms with E-state index < -0.39 is 0 Å². The number of thiazole rings is 1. The maximum absolute atomic E-state index is 12.7. The van der Waals surface area contributed by atoms with Gasteiger partial charge in [0.1, 0.15) is 5.56 Å². The van der Waals surface area contributed by atoms with E-state index in [1.54, 1.807) is 15.7 Å². The fourth-order valence-electron chi connectivity index (χ4n) is 3.33. The molecule has 1 unspecified atom stereocenters. The van der Waals surface area contributed by atoms with Crippen molar-refractivity contribution in [2.75, 3.05) is 13.2 Å². The molecule has 0 bridgehead atoms. The molecule has 2 aliphatic rings. The third-order valence-corrected chi connectivity index (χ3v) is 5.72. The molecule has 1 aliphatic carbocycles. The number of hydrogen-bond acceptors (Lipinski definition) is 5. The van der Waals surface area contributed by atoms with E-state index in [4.69, 9.17) is 4.74 Å². The normalized spacial score (nSPS) is 20.6. The molecule has 0 radical (unpaired) electrons. The zero-order valence-corrected chi connectivity index (χ0v) is 13.7. The Bertz CT molecular complexity index is 805. The Morgan fingerprint density at radius 1 is 1.39 bits per heavy atom. The van der Waals surface area contributed by atoms with Crippen molar-refractivity contribution in [3.8, 4) is 0 Å². The van der Waals surface area contributed by atoms with Crippen LogP contribution in [-0.2, 0) is 17.6 Å². The molecule has 1 aliphatic heterocycles. The summed E-state index contributed by atoms with van der Waals surface area (Å²) in [7, 11) is 0. The van der Waals surface area contributed by atoms with Crippen LogP contribution >= 0.6 is 11.3 Å². The van der Waals surface area contributed by atoms with Crippen LogP contribution in [0.15, 0.2) is 11.0 Å². The van der Waals surface area contributed by atoms with Crippen LogP contribution in [0.5, 0.6) is 0 Å². The van der Waals surface area contributed by atoms with Gasteiger partial charge in [-0.1, -0.05) is 0 Å². The van der Waals surface area contributed by atoms with Gasteiger partial charge in [0, 0.05) is 29.9 Å². The van der Waals surface area contributed by atoms with Gasteiger partial charge in [-0.15, -0.1) is 11.3 Å². The van der Waals surface area contributed by atoms with Crippen LogP contribution in [0.2, 0.25) is 0 Å². The quantitative estimate of drug-likeness (QED) is 0.925. The highest BCUT2D eigenvalue weighted by atomic mass is 32.1. The number of ether oxygens (including phenoxy) is 1. The lowest BCUT2D eigenvalue weighted by atomic mass is 10.0. The second kappa shape index (κ2) is 6.05. The molecule has 1 fully saturated rings. The molecule has 1 atom stereocenters. The second-order valence-electron chi connectivity index (χ2n) is 6.12. The SMILES string of the molecule is O=C(NCC1CCCO1)c1cnc2sc3c(n2c1=O)CCCC3. The summed E-state index contributed by atoms with van der Waals surface area (Å²) in [6.07, 6.45) is 7.58. The number of nitrogens with one attached hydrogen (secondary N) is 1. The van der Waals surface area contributed by atoms with Gasteiger partial charge in [-0.3, -0.25) is 14.0 Å². The molecule has 23 heavy (non-hydrogen) atoms. The number of nitrogens with zero attached hydrogens (tertiary/aromatic N) is 2. The Labute approximate surface area is 137 Å². The monoisotopic (exact) mass is 333 g/mol. The summed E-state index contributed by atoms with van der Waals surface area (Å²) in [5.41, 5.74) is 0.911. The summed E-state index contributed by atoms with van der Waals surface area (Å²) >= 11 is 1.57. The van der Waals surface area contributed by atoms with Gasteiger partial charge in [-0.25, -0.2) is 4.98 Å². The van der Waals surface area contributed by atoms with E-state index in [2.05, 4.69) is 10.3 Å². The van der Waals surface area contributed by atoms with Gasteiger partial charge >= 0.3 is 0 Å². The van der Waals surface area contributed by atoms with Gasteiger partial charge < -0.3 is 10.1 Å². The van der Waals surface area contributed by atoms with Crippen molar-refractivity contribution >= 4 is 22.2 Å². The fraction of sp³-hybridized carbons (Fsp3) is 0.562. The summed E-state index contributed by atoms with van der Waals surface area (Å²) < 4.78 is 7.13. The molecule has 1 N–H and O–H groups in total. The first-order chi connectivity index (χ1) is 11.2. The molecular weight excluding hydrogens is 314 g/mol. The molecule has 0 aromatic carbocycles. The minimum absolute atomic E-state index is 0.0623. The van der Waals surface area contributed by atoms with E-state index >= 15 is 0 Å². The minimum Gasteiger partial charge on any atom is -0.376 e. The number of rotatable bonds is 3. The predicted octanol–water partition coefficient (Wildman–Crippen LogP) is 1.54. The molecular formula is C16H19N3O3S. The molecule has 2 aromatic heterocycles. The number of aryl methyl sites for hydroxylation is 2. The average molecular weight is 333 g/mol. The molecule has 2 aromatic rings. The van der Waals surface area contributed by atoms with Crippen LogP contribution in [0, 0.1) is 0 Å². The number of carbonyl (C=O) groups excluding carboxylic acids is 1. The maximum atomic E-state index is 12.7. The van der Waals surface area contributed by atoms with Crippen molar-refractivity contribution < 1.29 is 9.53 Å². The number of carbonyl (C=O) groups is 1. The molecule has 1 saturated heterocycles. The smallest absolute Gasteiger partial charge is 0.271 e. The first-order valence-electron chi connectivity index (χ1n) is 8.16. The van der Waals surface area contributed by atoms with Crippen LogP contribution in [-0.4, -0.2) is 34.5 Å². The van der Waals surface area contributed by atoms with Crippen molar-refractivity contribution in [3.05, 3.63) is 32.7 Å². The van der Waals surface area contributed by atoms with Crippen LogP contribution in [0.25, 0.3) is 4.96 Å². The number of fused-ring (bicyclic) bond motifs is 3. The first-order valence-corrected chi connectivity index (χ1v) is 8.98. The summed E-state index contributed by atoms with van der Waals surface area (Å²) in [5, 5.41) is 2.80. The second-order valence-corrected chi connectivity index (χ2v) is 7.18. The molecule has 0 saturated carbocycles. The molecule has 3 heterocycles. The van der Waals surface area contributed by atoms with Crippen molar-refractivity contribution in [1.82, 2.24) is 14.7 Å². The van der Waals surface area contributed by atoms with E-state index in [1.165, 1.54) is 11.1 Å². The van der Waals surface area contributed by atoms with Gasteiger partial charge in [0.2, 0.25) is 0 Å². The molecule has 122 valence electrons. The lowest BCUT2D eigenvalue weighted by Gasteiger charge is -2.12. The largest absolute Gasteiger partial charge is 0.376 e. The minimum atomic E-state index is -0.358. The third-order valence-electron chi connectivity index (χ3n) is 4.56. The van der Waals surface area contributed by atoms with Crippen LogP contribution < -0.4 is 10.9 Å². The maximum Gasteiger partial charge on any atom is 0.271 e. The molecule has 4 rings (SSSR count).